The first-order chi connectivity index (χ1) is 8.08. The minimum Gasteiger partial charge on any atom is -0.465 e. The smallest absolute Gasteiger partial charge is 0.349 e. The molecule has 0 spiro atoms. The molecule has 0 aliphatic rings. The summed E-state index contributed by atoms with van der Waals surface area (Å²) in [7, 11) is 1.30. The maximum Gasteiger partial charge on any atom is 0.349 e. The quantitative estimate of drug-likeness (QED) is 0.802. The van der Waals surface area contributed by atoms with Crippen molar-refractivity contribution in [2.75, 3.05) is 19.0 Å². The molecule has 0 radical (unpaired) electrons. The maximum absolute atomic E-state index is 11.3. The molecule has 0 amide bonds. The van der Waals surface area contributed by atoms with Gasteiger partial charge in [0.05, 0.1) is 19.9 Å². The second kappa shape index (κ2) is 6.19. The SMILES string of the molecule is CCOC(=O)C(C)Nc1ncc(C(=O)OC)s1. The summed E-state index contributed by atoms with van der Waals surface area (Å²) in [5.41, 5.74) is 0. The van der Waals surface area contributed by atoms with Crippen LogP contribution in [0.1, 0.15) is 23.5 Å². The van der Waals surface area contributed by atoms with Crippen molar-refractivity contribution >= 4 is 28.4 Å². The Kier molecular flexibility index (Phi) is 4.89. The molecule has 0 saturated heterocycles. The summed E-state index contributed by atoms with van der Waals surface area (Å²) < 4.78 is 9.39. The van der Waals surface area contributed by atoms with E-state index in [0.717, 1.165) is 11.3 Å². The van der Waals surface area contributed by atoms with Gasteiger partial charge in [0, 0.05) is 0 Å². The molecule has 6 nitrogen and oxygen atoms in total. The third-order valence-electron chi connectivity index (χ3n) is 1.87. The molecule has 17 heavy (non-hydrogen) atoms. The van der Waals surface area contributed by atoms with Crippen LogP contribution in [0.3, 0.4) is 0 Å². The Balaban J connectivity index is 2.60. The lowest BCUT2D eigenvalue weighted by atomic mass is 10.3. The van der Waals surface area contributed by atoms with Crippen molar-refractivity contribution in [3.05, 3.63) is 11.1 Å². The van der Waals surface area contributed by atoms with Gasteiger partial charge in [-0.1, -0.05) is 11.3 Å². The van der Waals surface area contributed by atoms with Crippen molar-refractivity contribution in [3.8, 4) is 0 Å². The number of methoxy groups -OCH3 is 1. The predicted molar refractivity (Wildman–Crippen MR) is 63.2 cm³/mol. The molecule has 1 heterocycles. The molecule has 7 heteroatoms. The minimum absolute atomic E-state index is 0.329. The van der Waals surface area contributed by atoms with Crippen molar-refractivity contribution in [1.29, 1.82) is 0 Å². The Morgan fingerprint density at radius 1 is 1.59 bits per heavy atom. The van der Waals surface area contributed by atoms with E-state index >= 15 is 0 Å². The number of carbonyl (C=O) groups excluding carboxylic acids is 2. The number of ether oxygens (including phenoxy) is 2. The first-order valence-corrected chi connectivity index (χ1v) is 5.87. The number of nitrogens with one attached hydrogen (secondary N) is 1. The Bertz CT molecular complexity index is 405. The van der Waals surface area contributed by atoms with Crippen LogP contribution in [0.25, 0.3) is 0 Å². The molecule has 0 fully saturated rings. The molecule has 0 saturated carbocycles. The van der Waals surface area contributed by atoms with E-state index in [1.807, 2.05) is 0 Å². The number of aromatic nitrogens is 1. The van der Waals surface area contributed by atoms with E-state index in [2.05, 4.69) is 15.0 Å². The van der Waals surface area contributed by atoms with Gasteiger partial charge >= 0.3 is 11.9 Å². The van der Waals surface area contributed by atoms with Crippen LogP contribution in [-0.4, -0.2) is 36.7 Å². The van der Waals surface area contributed by atoms with E-state index < -0.39 is 12.0 Å². The van der Waals surface area contributed by atoms with Crippen LogP contribution in [0.4, 0.5) is 5.13 Å². The van der Waals surface area contributed by atoms with Crippen molar-refractivity contribution in [2.45, 2.75) is 19.9 Å². The predicted octanol–water partition coefficient (Wildman–Crippen LogP) is 1.29. The van der Waals surface area contributed by atoms with E-state index in [0.29, 0.717) is 16.6 Å². The molecule has 1 N–H and O–H groups in total. The van der Waals surface area contributed by atoms with Gasteiger partial charge in [-0.2, -0.15) is 0 Å². The Labute approximate surface area is 103 Å². The van der Waals surface area contributed by atoms with Gasteiger partial charge < -0.3 is 14.8 Å². The number of hydrogen-bond donors (Lipinski definition) is 1. The number of nitrogens with zero attached hydrogens (tertiary/aromatic N) is 1. The number of hydrogen-bond acceptors (Lipinski definition) is 7. The summed E-state index contributed by atoms with van der Waals surface area (Å²) >= 11 is 1.12. The largest absolute Gasteiger partial charge is 0.465 e. The van der Waals surface area contributed by atoms with E-state index in [1.54, 1.807) is 13.8 Å². The average molecular weight is 258 g/mol. The molecular formula is C10H14N2O4S. The lowest BCUT2D eigenvalue weighted by molar-refractivity contribution is -0.143. The van der Waals surface area contributed by atoms with Crippen LogP contribution >= 0.6 is 11.3 Å². The Morgan fingerprint density at radius 3 is 2.88 bits per heavy atom. The van der Waals surface area contributed by atoms with Gasteiger partial charge in [-0.05, 0) is 13.8 Å². The first-order valence-electron chi connectivity index (χ1n) is 5.05. The Hall–Kier alpha value is -1.63. The van der Waals surface area contributed by atoms with Crippen molar-refractivity contribution < 1.29 is 19.1 Å². The zero-order chi connectivity index (χ0) is 12.8. The fourth-order valence-corrected chi connectivity index (χ4v) is 1.87. The van der Waals surface area contributed by atoms with Gasteiger partial charge in [0.15, 0.2) is 5.13 Å². The molecule has 1 rings (SSSR count). The second-order valence-electron chi connectivity index (χ2n) is 3.14. The van der Waals surface area contributed by atoms with Crippen LogP contribution in [0.2, 0.25) is 0 Å². The van der Waals surface area contributed by atoms with Crippen LogP contribution in [0.5, 0.6) is 0 Å². The number of carbonyl (C=O) groups is 2. The second-order valence-corrected chi connectivity index (χ2v) is 4.17. The highest BCUT2D eigenvalue weighted by Gasteiger charge is 2.16. The van der Waals surface area contributed by atoms with Gasteiger partial charge in [-0.3, -0.25) is 0 Å². The fourth-order valence-electron chi connectivity index (χ4n) is 1.05. The summed E-state index contributed by atoms with van der Waals surface area (Å²) in [6.45, 7) is 3.73. The molecule has 0 bridgehead atoms. The van der Waals surface area contributed by atoms with E-state index in [9.17, 15) is 9.59 Å². The highest BCUT2D eigenvalue weighted by molar-refractivity contribution is 7.17. The molecule has 0 aromatic carbocycles. The third-order valence-corrected chi connectivity index (χ3v) is 2.78. The van der Waals surface area contributed by atoms with E-state index in [4.69, 9.17) is 4.74 Å². The molecule has 0 aliphatic heterocycles. The highest BCUT2D eigenvalue weighted by atomic mass is 32.1. The molecule has 94 valence electrons. The molecule has 1 aromatic rings. The van der Waals surface area contributed by atoms with Gasteiger partial charge in [0.25, 0.3) is 0 Å². The van der Waals surface area contributed by atoms with Gasteiger partial charge in [0.2, 0.25) is 0 Å². The summed E-state index contributed by atoms with van der Waals surface area (Å²) in [5.74, 6) is -0.804. The summed E-state index contributed by atoms with van der Waals surface area (Å²) in [5, 5.41) is 3.33. The van der Waals surface area contributed by atoms with Crippen molar-refractivity contribution in [3.63, 3.8) is 0 Å². The normalized spacial score (nSPS) is 11.7. The monoisotopic (exact) mass is 258 g/mol. The van der Waals surface area contributed by atoms with Crippen molar-refractivity contribution in [2.24, 2.45) is 0 Å². The molecule has 1 atom stereocenters. The lowest BCUT2D eigenvalue weighted by Gasteiger charge is -2.10. The fraction of sp³-hybridized carbons (Fsp3) is 0.500. The van der Waals surface area contributed by atoms with Gasteiger partial charge in [-0.25, -0.2) is 14.6 Å². The standard InChI is InChI=1S/C10H14N2O4S/c1-4-16-8(13)6(2)12-10-11-5-7(17-10)9(14)15-3/h5-6H,4H2,1-3H3,(H,11,12). The third kappa shape index (κ3) is 3.70. The van der Waals surface area contributed by atoms with Gasteiger partial charge in [-0.15, -0.1) is 0 Å². The first kappa shape index (κ1) is 13.4. The van der Waals surface area contributed by atoms with Crippen LogP contribution in [0, 0.1) is 0 Å². The van der Waals surface area contributed by atoms with Crippen molar-refractivity contribution in [1.82, 2.24) is 4.98 Å². The van der Waals surface area contributed by atoms with E-state index in [-0.39, 0.29) is 5.97 Å². The van der Waals surface area contributed by atoms with Gasteiger partial charge in [0.1, 0.15) is 10.9 Å². The highest BCUT2D eigenvalue weighted by Crippen LogP contribution is 2.19. The number of esters is 2. The minimum atomic E-state index is -0.508. The molecule has 1 aromatic heterocycles. The Morgan fingerprint density at radius 2 is 2.29 bits per heavy atom. The number of rotatable bonds is 5. The molecule has 0 aliphatic carbocycles. The zero-order valence-corrected chi connectivity index (χ0v) is 10.7. The zero-order valence-electron chi connectivity index (χ0n) is 9.85. The lowest BCUT2D eigenvalue weighted by Crippen LogP contribution is -2.28. The maximum atomic E-state index is 11.3. The number of anilines is 1. The number of thiazole rings is 1. The van der Waals surface area contributed by atoms with E-state index in [1.165, 1.54) is 13.3 Å². The summed E-state index contributed by atoms with van der Waals surface area (Å²) in [4.78, 5) is 26.9. The molecule has 1 unspecified atom stereocenters. The van der Waals surface area contributed by atoms with Crippen LogP contribution in [0.15, 0.2) is 6.20 Å². The summed E-state index contributed by atoms with van der Waals surface area (Å²) in [6.07, 6.45) is 1.40. The summed E-state index contributed by atoms with van der Waals surface area (Å²) in [6, 6.07) is -0.508. The topological polar surface area (TPSA) is 77.5 Å². The van der Waals surface area contributed by atoms with Crippen LogP contribution in [-0.2, 0) is 14.3 Å². The van der Waals surface area contributed by atoms with Crippen LogP contribution < -0.4 is 5.32 Å². The average Bonchev–Trinajstić information content (AvgIpc) is 2.76. The molecular weight excluding hydrogens is 244 g/mol.